The Kier molecular flexibility index (Phi) is 6.16. The van der Waals surface area contributed by atoms with E-state index >= 15 is 0 Å². The van der Waals surface area contributed by atoms with Crippen molar-refractivity contribution in [2.45, 2.75) is 37.8 Å². The van der Waals surface area contributed by atoms with E-state index < -0.39 is 17.0 Å². The van der Waals surface area contributed by atoms with Gasteiger partial charge in [0.05, 0.1) is 11.3 Å². The number of amides is 2. The van der Waals surface area contributed by atoms with Gasteiger partial charge in [0.1, 0.15) is 13.1 Å². The number of benzene rings is 2. The second kappa shape index (κ2) is 8.23. The molecule has 2 aliphatic heterocycles. The Hall–Kier alpha value is -2.47. The molecule has 1 N–H and O–H groups in total. The topological polar surface area (TPSA) is 52.4 Å². The molecule has 1 spiro atoms. The molecule has 164 valence electrons. The van der Waals surface area contributed by atoms with Crippen LogP contribution in [0.1, 0.15) is 37.9 Å². The van der Waals surface area contributed by atoms with Gasteiger partial charge in [-0.2, -0.15) is 0 Å². The van der Waals surface area contributed by atoms with Gasteiger partial charge in [0.15, 0.2) is 6.21 Å². The summed E-state index contributed by atoms with van der Waals surface area (Å²) in [7, 11) is 1.95. The van der Waals surface area contributed by atoms with Crippen molar-refractivity contribution in [3.63, 3.8) is 0 Å². The first-order valence-corrected chi connectivity index (χ1v) is 10.1. The number of nitrogens with one attached hydrogen (secondary N) is 1. The van der Waals surface area contributed by atoms with Crippen molar-refractivity contribution in [3.8, 4) is 0 Å². The van der Waals surface area contributed by atoms with E-state index in [1.165, 1.54) is 0 Å². The minimum atomic E-state index is -0.762. The van der Waals surface area contributed by atoms with Crippen molar-refractivity contribution in [2.24, 2.45) is 0 Å². The van der Waals surface area contributed by atoms with Gasteiger partial charge in [-0.3, -0.25) is 11.4 Å². The molecule has 2 heterocycles. The number of hydrogen-bond donors (Lipinski definition) is 1. The Bertz CT molecular complexity index is 1070. The fourth-order valence-electron chi connectivity index (χ4n) is 4.49. The molecule has 0 aromatic heterocycles. The maximum atomic E-state index is 13.4. The van der Waals surface area contributed by atoms with Gasteiger partial charge >= 0.3 is 22.4 Å². The largest absolute Gasteiger partial charge is 1.00 e. The standard InChI is InChI=1S/C25H27N3O2.Au/c1-17-23(30)28(16-25(17)15-27(5)20-14-10-9-13-19(20)25)21(18-11-7-6-8-12-18)22(29)26-24(2,3)4;/h1,6-15,21H,16H2,2-5H3,(H,26,29);/q;+1. The molecule has 2 amide bonds. The zero-order valence-electron chi connectivity index (χ0n) is 18.1. The van der Waals surface area contributed by atoms with E-state index in [4.69, 9.17) is 6.58 Å². The quantitative estimate of drug-likeness (QED) is 0.256. The first-order valence-electron chi connectivity index (χ1n) is 10.1. The van der Waals surface area contributed by atoms with Crippen LogP contribution < -0.4 is 5.32 Å². The van der Waals surface area contributed by atoms with Crippen LogP contribution in [0.2, 0.25) is 0 Å². The molecule has 2 aliphatic rings. The van der Waals surface area contributed by atoms with E-state index in [9.17, 15) is 9.59 Å². The molecule has 2 unspecified atom stereocenters. The average molecular weight is 598 g/mol. The SMILES string of the molecule is [Au+].[CH-]=C1C(=O)N(C(C(=O)NC(C)(C)C)c2ccccc2)CC12C=[N+](C)c1ccccc12. The van der Waals surface area contributed by atoms with Crippen LogP contribution in [0, 0.1) is 6.58 Å². The molecule has 0 radical (unpaired) electrons. The number of hydrogen-bond acceptors (Lipinski definition) is 2. The summed E-state index contributed by atoms with van der Waals surface area (Å²) in [5.74, 6) is -0.513. The Morgan fingerprint density at radius 2 is 1.74 bits per heavy atom. The number of nitrogens with zero attached hydrogens (tertiary/aromatic N) is 2. The van der Waals surface area contributed by atoms with Crippen molar-refractivity contribution < 1.29 is 36.5 Å². The summed E-state index contributed by atoms with van der Waals surface area (Å²) in [6.45, 7) is 12.6. The molecule has 2 aromatic rings. The molecule has 2 atom stereocenters. The van der Waals surface area contributed by atoms with E-state index in [1.54, 1.807) is 4.90 Å². The molecule has 5 nitrogen and oxygen atoms in total. The van der Waals surface area contributed by atoms with Crippen LogP contribution in [-0.2, 0) is 37.4 Å². The third-order valence-electron chi connectivity index (χ3n) is 5.74. The van der Waals surface area contributed by atoms with E-state index in [0.717, 1.165) is 16.8 Å². The Labute approximate surface area is 199 Å². The van der Waals surface area contributed by atoms with Gasteiger partial charge in [-0.05, 0) is 26.3 Å². The maximum absolute atomic E-state index is 13.4. The fraction of sp³-hybridized carbons (Fsp3) is 0.320. The van der Waals surface area contributed by atoms with Crippen LogP contribution in [0.5, 0.6) is 0 Å². The monoisotopic (exact) mass is 598 g/mol. The first kappa shape index (κ1) is 23.2. The van der Waals surface area contributed by atoms with Gasteiger partial charge in [0.2, 0.25) is 11.6 Å². The first-order chi connectivity index (χ1) is 14.1. The van der Waals surface area contributed by atoms with Crippen LogP contribution in [0.4, 0.5) is 5.69 Å². The van der Waals surface area contributed by atoms with Crippen molar-refractivity contribution in [1.82, 2.24) is 10.2 Å². The zero-order chi connectivity index (χ0) is 21.7. The number of para-hydroxylation sites is 1. The zero-order valence-corrected chi connectivity index (χ0v) is 20.3. The van der Waals surface area contributed by atoms with Crippen molar-refractivity contribution in [3.05, 3.63) is 77.9 Å². The van der Waals surface area contributed by atoms with Crippen LogP contribution in [-0.4, -0.2) is 46.6 Å². The van der Waals surface area contributed by atoms with Crippen LogP contribution >= 0.6 is 0 Å². The molecule has 1 saturated heterocycles. The van der Waals surface area contributed by atoms with E-state index in [1.807, 2.05) is 93.2 Å². The predicted octanol–water partition coefficient (Wildman–Crippen LogP) is 3.14. The molecule has 31 heavy (non-hydrogen) atoms. The van der Waals surface area contributed by atoms with E-state index in [2.05, 4.69) is 5.32 Å². The normalized spacial score (nSPS) is 20.9. The molecule has 6 heteroatoms. The number of likely N-dealkylation sites (tertiary alicyclic amines) is 1. The fourth-order valence-corrected chi connectivity index (χ4v) is 4.49. The molecule has 0 bridgehead atoms. The van der Waals surface area contributed by atoms with Gasteiger partial charge in [0.25, 0.3) is 0 Å². The Balaban J connectivity index is 0.00000272. The molecule has 4 rings (SSSR count). The molecular weight excluding hydrogens is 571 g/mol. The molecular formula is C25H27AuN3O2+. The second-order valence-electron chi connectivity index (χ2n) is 9.13. The van der Waals surface area contributed by atoms with Gasteiger partial charge < -0.3 is 15.0 Å². The average Bonchev–Trinajstić information content (AvgIpc) is 3.11. The predicted molar refractivity (Wildman–Crippen MR) is 117 cm³/mol. The van der Waals surface area contributed by atoms with Gasteiger partial charge in [0, 0.05) is 23.7 Å². The summed E-state index contributed by atoms with van der Waals surface area (Å²) < 4.78 is 2.01. The second-order valence-corrected chi connectivity index (χ2v) is 9.13. The Morgan fingerprint density at radius 3 is 2.39 bits per heavy atom. The van der Waals surface area contributed by atoms with Crippen LogP contribution in [0.25, 0.3) is 0 Å². The van der Waals surface area contributed by atoms with Crippen molar-refractivity contribution >= 4 is 23.7 Å². The summed E-state index contributed by atoms with van der Waals surface area (Å²) in [4.78, 5) is 28.4. The molecule has 1 fully saturated rings. The van der Waals surface area contributed by atoms with E-state index in [-0.39, 0.29) is 39.8 Å². The van der Waals surface area contributed by atoms with Gasteiger partial charge in [-0.1, -0.05) is 48.5 Å². The Morgan fingerprint density at radius 1 is 1.13 bits per heavy atom. The summed E-state index contributed by atoms with van der Waals surface area (Å²) in [6.07, 6.45) is 1.99. The summed E-state index contributed by atoms with van der Waals surface area (Å²) in [5, 5.41) is 3.03. The number of carbonyl (C=O) groups excluding carboxylic acids is 2. The minimum absolute atomic E-state index is 0. The van der Waals surface area contributed by atoms with Crippen molar-refractivity contribution in [2.75, 3.05) is 13.6 Å². The number of carbonyl (C=O) groups is 2. The van der Waals surface area contributed by atoms with E-state index in [0.29, 0.717) is 6.54 Å². The summed E-state index contributed by atoms with van der Waals surface area (Å²) >= 11 is 0. The number of rotatable bonds is 3. The summed E-state index contributed by atoms with van der Waals surface area (Å²) in [6, 6.07) is 16.6. The maximum Gasteiger partial charge on any atom is 1.00 e. The smallest absolute Gasteiger partial charge is 0.401 e. The van der Waals surface area contributed by atoms with Gasteiger partial charge in [-0.15, -0.1) is 5.57 Å². The van der Waals surface area contributed by atoms with Crippen LogP contribution in [0.3, 0.4) is 0 Å². The third-order valence-corrected chi connectivity index (χ3v) is 5.74. The van der Waals surface area contributed by atoms with Gasteiger partial charge in [-0.25, -0.2) is 4.58 Å². The summed E-state index contributed by atoms with van der Waals surface area (Å²) in [5.41, 5.74) is 1.86. The molecule has 0 saturated carbocycles. The number of fused-ring (bicyclic) bond motifs is 2. The molecule has 2 aromatic carbocycles. The van der Waals surface area contributed by atoms with Crippen molar-refractivity contribution in [1.29, 1.82) is 0 Å². The van der Waals surface area contributed by atoms with Crippen LogP contribution in [0.15, 0.2) is 60.2 Å². The minimum Gasteiger partial charge on any atom is -0.401 e. The third kappa shape index (κ3) is 3.93. The molecule has 0 aliphatic carbocycles.